The van der Waals surface area contributed by atoms with E-state index in [1.165, 1.54) is 12.1 Å². The van der Waals surface area contributed by atoms with E-state index in [1.807, 2.05) is 0 Å². The van der Waals surface area contributed by atoms with Crippen molar-refractivity contribution in [3.8, 4) is 0 Å². The van der Waals surface area contributed by atoms with Crippen molar-refractivity contribution in [3.63, 3.8) is 0 Å². The molecule has 0 aliphatic carbocycles. The van der Waals surface area contributed by atoms with Gasteiger partial charge in [-0.05, 0) is 30.3 Å². The molecule has 122 valence electrons. The van der Waals surface area contributed by atoms with Crippen molar-refractivity contribution in [2.75, 3.05) is 5.32 Å². The van der Waals surface area contributed by atoms with Crippen molar-refractivity contribution in [1.29, 1.82) is 0 Å². The number of benzene rings is 2. The molecule has 5 nitrogen and oxygen atoms in total. The second-order valence-corrected chi connectivity index (χ2v) is 4.89. The van der Waals surface area contributed by atoms with E-state index in [1.54, 1.807) is 0 Å². The molecule has 2 aromatic carbocycles. The van der Waals surface area contributed by atoms with Crippen molar-refractivity contribution in [2.24, 2.45) is 5.73 Å². The molecule has 0 aliphatic rings. The van der Waals surface area contributed by atoms with Crippen LogP contribution in [0.1, 0.15) is 20.9 Å². The maximum absolute atomic E-state index is 13.5. The quantitative estimate of drug-likeness (QED) is 0.771. The molecule has 3 rings (SSSR count). The molecule has 0 saturated carbocycles. The summed E-state index contributed by atoms with van der Waals surface area (Å²) in [6, 6.07) is 6.11. The predicted octanol–water partition coefficient (Wildman–Crippen LogP) is 3.20. The monoisotopic (exact) mass is 334 g/mol. The van der Waals surface area contributed by atoms with Gasteiger partial charge in [-0.1, -0.05) is 0 Å². The number of amides is 2. The first-order valence-corrected chi connectivity index (χ1v) is 6.65. The van der Waals surface area contributed by atoms with E-state index in [0.29, 0.717) is 0 Å². The summed E-state index contributed by atoms with van der Waals surface area (Å²) in [6.07, 6.45) is 0. The highest BCUT2D eigenvalue weighted by Crippen LogP contribution is 2.32. The first kappa shape index (κ1) is 15.6. The first-order valence-electron chi connectivity index (χ1n) is 6.65. The van der Waals surface area contributed by atoms with Gasteiger partial charge in [-0.3, -0.25) is 9.59 Å². The van der Waals surface area contributed by atoms with Gasteiger partial charge in [-0.25, -0.2) is 13.2 Å². The Bertz CT molecular complexity index is 965. The lowest BCUT2D eigenvalue weighted by Gasteiger charge is -2.05. The fourth-order valence-electron chi connectivity index (χ4n) is 2.18. The van der Waals surface area contributed by atoms with Crippen LogP contribution in [0.3, 0.4) is 0 Å². The molecule has 1 heterocycles. The van der Waals surface area contributed by atoms with Crippen molar-refractivity contribution < 1.29 is 27.2 Å². The van der Waals surface area contributed by atoms with E-state index >= 15 is 0 Å². The summed E-state index contributed by atoms with van der Waals surface area (Å²) >= 11 is 0. The van der Waals surface area contributed by atoms with Crippen LogP contribution >= 0.6 is 0 Å². The number of furan rings is 1. The number of anilines is 1. The van der Waals surface area contributed by atoms with E-state index in [2.05, 4.69) is 5.32 Å². The minimum atomic E-state index is -1.18. The molecular formula is C16H9F3N2O3. The summed E-state index contributed by atoms with van der Waals surface area (Å²) in [7, 11) is 0. The average molecular weight is 334 g/mol. The average Bonchev–Trinajstić information content (AvgIpc) is 2.86. The largest absolute Gasteiger partial charge is 0.449 e. The van der Waals surface area contributed by atoms with Gasteiger partial charge < -0.3 is 15.5 Å². The number of fused-ring (bicyclic) bond motifs is 1. The number of hydrogen-bond donors (Lipinski definition) is 2. The van der Waals surface area contributed by atoms with E-state index in [4.69, 9.17) is 10.2 Å². The number of nitrogens with one attached hydrogen (secondary N) is 1. The lowest BCUT2D eigenvalue weighted by Crippen LogP contribution is -2.17. The molecule has 0 fully saturated rings. The van der Waals surface area contributed by atoms with E-state index in [-0.39, 0.29) is 22.2 Å². The number of nitrogens with two attached hydrogens (primary N) is 1. The summed E-state index contributed by atoms with van der Waals surface area (Å²) in [5.74, 6) is -5.08. The molecule has 1 aromatic heterocycles. The topological polar surface area (TPSA) is 85.3 Å². The molecular weight excluding hydrogens is 325 g/mol. The first-order chi connectivity index (χ1) is 11.4. The van der Waals surface area contributed by atoms with Gasteiger partial charge in [-0.15, -0.1) is 0 Å². The molecule has 0 aliphatic heterocycles. The maximum Gasteiger partial charge on any atom is 0.286 e. The molecule has 0 spiro atoms. The number of rotatable bonds is 3. The lowest BCUT2D eigenvalue weighted by atomic mass is 10.1. The highest BCUT2D eigenvalue weighted by molar-refractivity contribution is 6.14. The van der Waals surface area contributed by atoms with Gasteiger partial charge in [0, 0.05) is 17.0 Å². The van der Waals surface area contributed by atoms with Crippen LogP contribution in [0.15, 0.2) is 40.8 Å². The number of carbonyl (C=O) groups excluding carboxylic acids is 2. The normalized spacial score (nSPS) is 10.8. The standard InChI is InChI=1S/C16H9F3N2O3/c17-8-3-1-7(2-4-8)16(23)21-13-9-5-10(18)11(19)6-12(9)24-14(13)15(20)22/h1-6H,(H2,20,22)(H,21,23). The summed E-state index contributed by atoms with van der Waals surface area (Å²) < 4.78 is 44.7. The zero-order valence-corrected chi connectivity index (χ0v) is 11.9. The summed E-state index contributed by atoms with van der Waals surface area (Å²) in [6.45, 7) is 0. The Labute approximate surface area is 132 Å². The van der Waals surface area contributed by atoms with Crippen molar-refractivity contribution in [1.82, 2.24) is 0 Å². The number of carbonyl (C=O) groups is 2. The molecule has 8 heteroatoms. The SMILES string of the molecule is NC(=O)c1oc2cc(F)c(F)cc2c1NC(=O)c1ccc(F)cc1. The summed E-state index contributed by atoms with van der Waals surface area (Å²) in [5.41, 5.74) is 4.91. The van der Waals surface area contributed by atoms with Crippen LogP contribution < -0.4 is 11.1 Å². The Morgan fingerprint density at radius 3 is 2.25 bits per heavy atom. The van der Waals surface area contributed by atoms with Gasteiger partial charge in [0.15, 0.2) is 11.6 Å². The smallest absolute Gasteiger partial charge is 0.286 e. The highest BCUT2D eigenvalue weighted by atomic mass is 19.2. The van der Waals surface area contributed by atoms with Gasteiger partial charge in [0.25, 0.3) is 11.8 Å². The minimum absolute atomic E-state index is 0.0295. The Kier molecular flexibility index (Phi) is 3.72. The molecule has 3 aromatic rings. The van der Waals surface area contributed by atoms with Crippen LogP contribution in [0.5, 0.6) is 0 Å². The fraction of sp³-hybridized carbons (Fsp3) is 0. The van der Waals surface area contributed by atoms with Gasteiger partial charge in [0.2, 0.25) is 5.76 Å². The maximum atomic E-state index is 13.5. The second-order valence-electron chi connectivity index (χ2n) is 4.89. The van der Waals surface area contributed by atoms with Crippen LogP contribution in [0.2, 0.25) is 0 Å². The van der Waals surface area contributed by atoms with Crippen molar-refractivity contribution in [2.45, 2.75) is 0 Å². The van der Waals surface area contributed by atoms with Gasteiger partial charge in [0.05, 0.1) is 0 Å². The van der Waals surface area contributed by atoms with Crippen molar-refractivity contribution >= 4 is 28.5 Å². The second kappa shape index (κ2) is 5.73. The number of primary amides is 1. The molecule has 3 N–H and O–H groups in total. The number of hydrogen-bond acceptors (Lipinski definition) is 3. The third-order valence-corrected chi connectivity index (χ3v) is 3.30. The zero-order chi connectivity index (χ0) is 17.4. The van der Waals surface area contributed by atoms with Gasteiger partial charge in [-0.2, -0.15) is 0 Å². The molecule has 0 atom stereocenters. The molecule has 2 amide bonds. The van der Waals surface area contributed by atoms with Crippen LogP contribution in [-0.2, 0) is 0 Å². The molecule has 0 unspecified atom stereocenters. The third kappa shape index (κ3) is 2.69. The minimum Gasteiger partial charge on any atom is -0.449 e. The van der Waals surface area contributed by atoms with E-state index < -0.39 is 35.0 Å². The summed E-state index contributed by atoms with van der Waals surface area (Å²) in [4.78, 5) is 23.7. The molecule has 24 heavy (non-hydrogen) atoms. The van der Waals surface area contributed by atoms with Crippen LogP contribution in [-0.4, -0.2) is 11.8 Å². The van der Waals surface area contributed by atoms with E-state index in [9.17, 15) is 22.8 Å². The Balaban J connectivity index is 2.08. The Morgan fingerprint density at radius 1 is 1.00 bits per heavy atom. The molecule has 0 bridgehead atoms. The van der Waals surface area contributed by atoms with Crippen LogP contribution in [0, 0.1) is 17.5 Å². The Morgan fingerprint density at radius 2 is 1.62 bits per heavy atom. The summed E-state index contributed by atoms with van der Waals surface area (Å²) in [5, 5.41) is 2.32. The molecule has 0 saturated heterocycles. The number of halogens is 3. The van der Waals surface area contributed by atoms with Crippen molar-refractivity contribution in [3.05, 3.63) is 65.2 Å². The van der Waals surface area contributed by atoms with E-state index in [0.717, 1.165) is 24.3 Å². The molecule has 0 radical (unpaired) electrons. The zero-order valence-electron chi connectivity index (χ0n) is 11.9. The van der Waals surface area contributed by atoms with Crippen LogP contribution in [0.4, 0.5) is 18.9 Å². The van der Waals surface area contributed by atoms with Crippen LogP contribution in [0.25, 0.3) is 11.0 Å². The third-order valence-electron chi connectivity index (χ3n) is 3.30. The highest BCUT2D eigenvalue weighted by Gasteiger charge is 2.22. The van der Waals surface area contributed by atoms with Gasteiger partial charge >= 0.3 is 0 Å². The lowest BCUT2D eigenvalue weighted by molar-refractivity contribution is 0.0977. The Hall–Kier alpha value is -3.29. The fourth-order valence-corrected chi connectivity index (χ4v) is 2.18. The predicted molar refractivity (Wildman–Crippen MR) is 79.0 cm³/mol. The van der Waals surface area contributed by atoms with Gasteiger partial charge in [0.1, 0.15) is 17.1 Å².